The molecule has 1 N–H and O–H groups in total. The average molecular weight is 522 g/mol. The summed E-state index contributed by atoms with van der Waals surface area (Å²) in [6.45, 7) is 0.752. The molecule has 4 aromatic rings. The number of hydrogen-bond acceptors (Lipinski definition) is 9. The number of likely N-dealkylation sites (tertiary alicyclic amines) is 1. The minimum absolute atomic E-state index is 0.0940. The summed E-state index contributed by atoms with van der Waals surface area (Å²) in [5.41, 5.74) is 0.865. The van der Waals surface area contributed by atoms with Gasteiger partial charge in [-0.25, -0.2) is 4.79 Å². The first-order valence-corrected chi connectivity index (χ1v) is 11.8. The fourth-order valence-corrected chi connectivity index (χ4v) is 5.21. The van der Waals surface area contributed by atoms with Gasteiger partial charge in [-0.3, -0.25) is 14.6 Å². The number of para-hydroxylation sites is 1. The molecule has 11 nitrogen and oxygen atoms in total. The van der Waals surface area contributed by atoms with Crippen molar-refractivity contribution >= 4 is 23.2 Å². The predicted molar refractivity (Wildman–Crippen MR) is 130 cm³/mol. The Bertz CT molecular complexity index is 1570. The van der Waals surface area contributed by atoms with Crippen LogP contribution in [0.15, 0.2) is 62.7 Å². The minimum Gasteiger partial charge on any atom is -0.465 e. The highest BCUT2D eigenvalue weighted by Crippen LogP contribution is 2.39. The van der Waals surface area contributed by atoms with E-state index in [1.54, 1.807) is 17.0 Å². The molecule has 2 aliphatic rings. The molecule has 2 fully saturated rings. The lowest BCUT2D eigenvalue weighted by molar-refractivity contribution is 0.116. The molecule has 0 spiro atoms. The summed E-state index contributed by atoms with van der Waals surface area (Å²) < 4.78 is 30.5. The number of hydrogen-bond donors (Lipinski definition) is 1. The maximum Gasteiger partial charge on any atom is 0.407 e. The van der Waals surface area contributed by atoms with Crippen molar-refractivity contribution in [2.24, 2.45) is 0 Å². The summed E-state index contributed by atoms with van der Waals surface area (Å²) in [5.74, 6) is -0.877. The normalized spacial score (nSPS) is 18.6. The molecule has 2 saturated heterocycles. The van der Waals surface area contributed by atoms with Crippen molar-refractivity contribution < 1.29 is 23.1 Å². The van der Waals surface area contributed by atoms with E-state index in [9.17, 15) is 28.3 Å². The molecule has 0 saturated carbocycles. The van der Waals surface area contributed by atoms with Crippen LogP contribution in [-0.4, -0.2) is 56.5 Å². The lowest BCUT2D eigenvalue weighted by atomic mass is 10.1. The van der Waals surface area contributed by atoms with Crippen molar-refractivity contribution in [3.05, 3.63) is 80.7 Å². The third kappa shape index (κ3) is 3.86. The third-order valence-corrected chi connectivity index (χ3v) is 6.99. The molecule has 6 rings (SSSR count). The molecule has 1 amide bonds. The summed E-state index contributed by atoms with van der Waals surface area (Å²) >= 11 is 0. The van der Waals surface area contributed by atoms with Gasteiger partial charge in [0.25, 0.3) is 16.7 Å². The first-order valence-electron chi connectivity index (χ1n) is 11.8. The number of amides is 1. The topological polar surface area (TPSA) is 133 Å². The summed E-state index contributed by atoms with van der Waals surface area (Å²) in [6.07, 6.45) is -1.87. The monoisotopic (exact) mass is 522 g/mol. The van der Waals surface area contributed by atoms with Crippen LogP contribution in [0.3, 0.4) is 0 Å². The Hall–Kier alpha value is -4.68. The highest BCUT2D eigenvalue weighted by molar-refractivity contribution is 5.82. The molecule has 0 aliphatic carbocycles. The van der Waals surface area contributed by atoms with E-state index in [1.807, 2.05) is 35.2 Å². The van der Waals surface area contributed by atoms with Crippen LogP contribution < -0.4 is 20.7 Å². The molecule has 2 bridgehead atoms. The van der Waals surface area contributed by atoms with Crippen LogP contribution in [0.4, 0.5) is 30.6 Å². The smallest absolute Gasteiger partial charge is 0.407 e. The molecular weight excluding hydrogens is 502 g/mol. The van der Waals surface area contributed by atoms with Gasteiger partial charge in [-0.2, -0.15) is 8.78 Å². The number of nitrogens with zero attached hydrogens (tertiary/aromatic N) is 6. The van der Waals surface area contributed by atoms with Crippen LogP contribution >= 0.6 is 0 Å². The Kier molecular flexibility index (Phi) is 5.62. The van der Waals surface area contributed by atoms with E-state index in [1.165, 1.54) is 11.1 Å². The highest BCUT2D eigenvalue weighted by Gasteiger charge is 2.48. The van der Waals surface area contributed by atoms with Crippen molar-refractivity contribution in [1.82, 2.24) is 20.1 Å². The van der Waals surface area contributed by atoms with Crippen LogP contribution in [0.1, 0.15) is 24.4 Å². The summed E-state index contributed by atoms with van der Waals surface area (Å²) in [7, 11) is 0. The largest absolute Gasteiger partial charge is 0.465 e. The number of halogens is 2. The van der Waals surface area contributed by atoms with Gasteiger partial charge in [0.1, 0.15) is 11.4 Å². The van der Waals surface area contributed by atoms with Crippen molar-refractivity contribution in [2.45, 2.75) is 31.5 Å². The number of carbonyl (C=O) groups is 1. The fraction of sp³-hybridized carbons (Fsp3) is 0.280. The van der Waals surface area contributed by atoms with Crippen LogP contribution in [0.5, 0.6) is 0 Å². The van der Waals surface area contributed by atoms with Gasteiger partial charge in [0, 0.05) is 31.0 Å². The molecule has 2 aliphatic heterocycles. The second-order valence-corrected chi connectivity index (χ2v) is 9.19. The predicted octanol–water partition coefficient (Wildman–Crippen LogP) is 2.94. The van der Waals surface area contributed by atoms with E-state index >= 15 is 0 Å². The van der Waals surface area contributed by atoms with Gasteiger partial charge in [-0.1, -0.05) is 18.2 Å². The van der Waals surface area contributed by atoms with Gasteiger partial charge in [-0.05, 0) is 30.7 Å². The zero-order valence-corrected chi connectivity index (χ0v) is 19.7. The molecule has 13 heteroatoms. The van der Waals surface area contributed by atoms with Gasteiger partial charge >= 0.3 is 12.5 Å². The van der Waals surface area contributed by atoms with E-state index in [2.05, 4.69) is 15.2 Å². The summed E-state index contributed by atoms with van der Waals surface area (Å²) in [6, 6.07) is 11.9. The lowest BCUT2D eigenvalue weighted by Gasteiger charge is -2.37. The number of anilines is 3. The second-order valence-electron chi connectivity index (χ2n) is 9.19. The lowest BCUT2D eigenvalue weighted by Crippen LogP contribution is -2.53. The van der Waals surface area contributed by atoms with E-state index in [0.717, 1.165) is 0 Å². The summed E-state index contributed by atoms with van der Waals surface area (Å²) in [4.78, 5) is 46.5. The molecule has 0 unspecified atom stereocenters. The Morgan fingerprint density at radius 1 is 1.08 bits per heavy atom. The number of pyridine rings is 1. The van der Waals surface area contributed by atoms with Gasteiger partial charge in [0.15, 0.2) is 0 Å². The van der Waals surface area contributed by atoms with Crippen LogP contribution in [-0.2, 0) is 6.54 Å². The van der Waals surface area contributed by atoms with Gasteiger partial charge < -0.3 is 24.2 Å². The highest BCUT2D eigenvalue weighted by atomic mass is 19.3. The van der Waals surface area contributed by atoms with E-state index in [4.69, 9.17) is 4.42 Å². The maximum absolute atomic E-state index is 12.9. The van der Waals surface area contributed by atoms with E-state index < -0.39 is 29.3 Å². The molecule has 2 atom stereocenters. The SMILES string of the molecule is O=C(O)N1C[C@@H]2C[C@H]1CN2c1c(N(Cc2ccc(-c3nnc(C(F)F)o3)cn2)c2ccccc2)c(=O)c1=O. The van der Waals surface area contributed by atoms with Gasteiger partial charge in [0.05, 0.1) is 23.8 Å². The first-order chi connectivity index (χ1) is 18.3. The van der Waals surface area contributed by atoms with Crippen LogP contribution in [0.2, 0.25) is 0 Å². The van der Waals surface area contributed by atoms with Crippen molar-refractivity contribution in [1.29, 1.82) is 0 Å². The first kappa shape index (κ1) is 23.7. The molecule has 4 heterocycles. The zero-order valence-electron chi connectivity index (χ0n) is 19.7. The maximum atomic E-state index is 12.9. The van der Waals surface area contributed by atoms with E-state index in [0.29, 0.717) is 35.6 Å². The standard InChI is InChI=1S/C25H20F2N6O5/c26-22(27)24-30-29-23(38-24)13-6-7-14(28-9-13)10-31(15-4-2-1-3-5-15)18-19(21(35)20(18)34)32-11-17-8-16(32)12-33(17)25(36)37/h1-7,9,16-17,22H,8,10-12H2,(H,36,37)/t16-,17-/m0/s1. The van der Waals surface area contributed by atoms with Crippen LogP contribution in [0, 0.1) is 0 Å². The molecular formula is C25H20F2N6O5. The number of piperazine rings is 1. The molecule has 2 aromatic carbocycles. The minimum atomic E-state index is -2.88. The number of aromatic nitrogens is 3. The number of fused-ring (bicyclic) bond motifs is 2. The Labute approximate surface area is 213 Å². The molecule has 38 heavy (non-hydrogen) atoms. The number of alkyl halides is 2. The number of rotatable bonds is 7. The molecule has 194 valence electrons. The van der Waals surface area contributed by atoms with Crippen molar-refractivity contribution in [3.63, 3.8) is 0 Å². The van der Waals surface area contributed by atoms with Crippen molar-refractivity contribution in [2.75, 3.05) is 22.9 Å². The number of carboxylic acid groups (broad SMARTS) is 1. The van der Waals surface area contributed by atoms with E-state index in [-0.39, 0.29) is 36.8 Å². The average Bonchev–Trinajstić information content (AvgIpc) is 3.67. The summed E-state index contributed by atoms with van der Waals surface area (Å²) in [5, 5.41) is 16.3. The second kappa shape index (κ2) is 9.01. The molecule has 0 radical (unpaired) electrons. The van der Waals surface area contributed by atoms with Crippen LogP contribution in [0.25, 0.3) is 11.5 Å². The van der Waals surface area contributed by atoms with Gasteiger partial charge in [-0.15, -0.1) is 10.2 Å². The number of benzene rings is 1. The Morgan fingerprint density at radius 3 is 2.47 bits per heavy atom. The Morgan fingerprint density at radius 2 is 1.87 bits per heavy atom. The van der Waals surface area contributed by atoms with Gasteiger partial charge in [0.2, 0.25) is 5.89 Å². The quantitative estimate of drug-likeness (QED) is 0.361. The Balaban J connectivity index is 1.31. The van der Waals surface area contributed by atoms with Crippen molar-refractivity contribution in [3.8, 4) is 11.5 Å². The zero-order chi connectivity index (χ0) is 26.6. The molecule has 2 aromatic heterocycles. The fourth-order valence-electron chi connectivity index (χ4n) is 5.21. The third-order valence-electron chi connectivity index (χ3n) is 6.99.